The third-order valence-electron chi connectivity index (χ3n) is 5.05. The molecule has 4 nitrogen and oxygen atoms in total. The van der Waals surface area contributed by atoms with Crippen molar-refractivity contribution in [3.8, 4) is 0 Å². The van der Waals surface area contributed by atoms with Gasteiger partial charge in [0.1, 0.15) is 12.0 Å². The van der Waals surface area contributed by atoms with Crippen LogP contribution in [0.4, 0.5) is 4.39 Å². The van der Waals surface area contributed by atoms with E-state index < -0.39 is 5.97 Å². The Morgan fingerprint density at radius 2 is 1.87 bits per heavy atom. The fourth-order valence-electron chi connectivity index (χ4n) is 3.71. The molecule has 0 fully saturated rings. The number of halogens is 1. The number of aliphatic carboxylic acids is 1. The summed E-state index contributed by atoms with van der Waals surface area (Å²) < 4.78 is 13.8. The molecule has 0 saturated carbocycles. The van der Waals surface area contributed by atoms with Crippen molar-refractivity contribution >= 4 is 17.7 Å². The maximum Gasteiger partial charge on any atom is 0.338 e. The minimum absolute atomic E-state index is 0.148. The topological polar surface area (TPSA) is 43.8 Å². The number of rotatable bonds is 8. The first-order valence-electron chi connectivity index (χ1n) is 9.95. The van der Waals surface area contributed by atoms with Gasteiger partial charge in [-0.05, 0) is 54.6 Å². The molecule has 2 aromatic rings. The van der Waals surface area contributed by atoms with E-state index in [4.69, 9.17) is 0 Å². The zero-order valence-electron chi connectivity index (χ0n) is 17.5. The molecule has 1 heterocycles. The number of benzene rings is 2. The molecule has 0 spiro atoms. The predicted molar refractivity (Wildman–Crippen MR) is 120 cm³/mol. The third kappa shape index (κ3) is 5.12. The van der Waals surface area contributed by atoms with Gasteiger partial charge in [-0.3, -0.25) is 4.90 Å². The number of likely N-dealkylation sites (N-methyl/N-ethyl adjacent to an activating group) is 1. The molecule has 0 radical (unpaired) electrons. The van der Waals surface area contributed by atoms with Crippen LogP contribution in [0.1, 0.15) is 25.0 Å². The van der Waals surface area contributed by atoms with Gasteiger partial charge in [0.15, 0.2) is 0 Å². The molecule has 30 heavy (non-hydrogen) atoms. The summed E-state index contributed by atoms with van der Waals surface area (Å²) in [6, 6.07) is 16.6. The van der Waals surface area contributed by atoms with Gasteiger partial charge in [0, 0.05) is 13.1 Å². The lowest BCUT2D eigenvalue weighted by atomic mass is 10.0. The highest BCUT2D eigenvalue weighted by Crippen LogP contribution is 2.36. The molecule has 158 valence electrons. The Hall–Kier alpha value is -2.57. The summed E-state index contributed by atoms with van der Waals surface area (Å²) in [7, 11) is 2.03. The van der Waals surface area contributed by atoms with Crippen LogP contribution in [-0.4, -0.2) is 39.8 Å². The van der Waals surface area contributed by atoms with Gasteiger partial charge < -0.3 is 10.0 Å². The van der Waals surface area contributed by atoms with Crippen LogP contribution in [0.25, 0.3) is 0 Å². The first kappa shape index (κ1) is 22.1. The summed E-state index contributed by atoms with van der Waals surface area (Å²) in [6.07, 6.45) is 1.84. The van der Waals surface area contributed by atoms with E-state index in [0.29, 0.717) is 18.7 Å². The van der Waals surface area contributed by atoms with Crippen molar-refractivity contribution in [3.63, 3.8) is 0 Å². The van der Waals surface area contributed by atoms with Crippen LogP contribution in [0, 0.1) is 5.82 Å². The normalized spacial score (nSPS) is 16.8. The largest absolute Gasteiger partial charge is 0.478 e. The SMILES string of the molecule is CCSC1=C(C(=O)O)C(C)=CC(N(C)Cc2ccccc2)N1Cc1cccc(F)c1. The van der Waals surface area contributed by atoms with E-state index in [1.807, 2.05) is 51.2 Å². The summed E-state index contributed by atoms with van der Waals surface area (Å²) in [4.78, 5) is 16.3. The summed E-state index contributed by atoms with van der Waals surface area (Å²) in [6.45, 7) is 4.99. The molecule has 3 rings (SSSR count). The fraction of sp³-hybridized carbons (Fsp3) is 0.292. The van der Waals surface area contributed by atoms with Crippen LogP contribution in [0.2, 0.25) is 0 Å². The summed E-state index contributed by atoms with van der Waals surface area (Å²) in [5.41, 5.74) is 3.05. The van der Waals surface area contributed by atoms with E-state index in [0.717, 1.165) is 21.9 Å². The van der Waals surface area contributed by atoms with Crippen molar-refractivity contribution in [1.29, 1.82) is 0 Å². The van der Waals surface area contributed by atoms with Crippen LogP contribution in [0.15, 0.2) is 76.8 Å². The van der Waals surface area contributed by atoms with Gasteiger partial charge >= 0.3 is 5.97 Å². The van der Waals surface area contributed by atoms with Crippen LogP contribution in [0.3, 0.4) is 0 Å². The van der Waals surface area contributed by atoms with Crippen LogP contribution in [-0.2, 0) is 17.9 Å². The number of carboxylic acids is 1. The Morgan fingerprint density at radius 1 is 1.17 bits per heavy atom. The minimum atomic E-state index is -0.937. The van der Waals surface area contributed by atoms with Crippen LogP contribution < -0.4 is 0 Å². The number of carbonyl (C=O) groups is 1. The van der Waals surface area contributed by atoms with Crippen molar-refractivity contribution in [1.82, 2.24) is 9.80 Å². The zero-order valence-corrected chi connectivity index (χ0v) is 18.3. The Bertz CT molecular complexity index is 959. The second-order valence-electron chi connectivity index (χ2n) is 7.34. The second kappa shape index (κ2) is 9.96. The predicted octanol–water partition coefficient (Wildman–Crippen LogP) is 5.10. The molecule has 1 aliphatic rings. The molecule has 0 saturated heterocycles. The Balaban J connectivity index is 2.01. The highest BCUT2D eigenvalue weighted by molar-refractivity contribution is 8.03. The molecule has 2 aromatic carbocycles. The van der Waals surface area contributed by atoms with E-state index in [1.54, 1.807) is 6.07 Å². The van der Waals surface area contributed by atoms with E-state index in [1.165, 1.54) is 29.5 Å². The average Bonchev–Trinajstić information content (AvgIpc) is 2.70. The second-order valence-corrected chi connectivity index (χ2v) is 8.59. The lowest BCUT2D eigenvalue weighted by Gasteiger charge is -2.42. The highest BCUT2D eigenvalue weighted by atomic mass is 32.2. The Labute approximate surface area is 181 Å². The van der Waals surface area contributed by atoms with Crippen molar-refractivity contribution in [3.05, 3.63) is 93.8 Å². The minimum Gasteiger partial charge on any atom is -0.478 e. The number of nitrogens with zero attached hydrogens (tertiary/aromatic N) is 2. The highest BCUT2D eigenvalue weighted by Gasteiger charge is 2.33. The first-order chi connectivity index (χ1) is 14.4. The molecule has 0 aliphatic carbocycles. The van der Waals surface area contributed by atoms with Gasteiger partial charge in [0.2, 0.25) is 0 Å². The lowest BCUT2D eigenvalue weighted by molar-refractivity contribution is -0.132. The quantitative estimate of drug-likeness (QED) is 0.637. The molecule has 0 aromatic heterocycles. The molecule has 1 N–H and O–H groups in total. The van der Waals surface area contributed by atoms with Gasteiger partial charge in [-0.2, -0.15) is 0 Å². The van der Waals surface area contributed by atoms with E-state index in [2.05, 4.69) is 21.9 Å². The van der Waals surface area contributed by atoms with Crippen molar-refractivity contribution < 1.29 is 14.3 Å². The molecule has 1 aliphatic heterocycles. The standard InChI is InChI=1S/C24H27FN2O2S/c1-4-30-23-22(24(28)29)17(2)13-21(26(3)15-18-9-6-5-7-10-18)27(23)16-19-11-8-12-20(25)14-19/h5-14,21H,4,15-16H2,1-3H3,(H,28,29). The van der Waals surface area contributed by atoms with Crippen molar-refractivity contribution in [2.24, 2.45) is 0 Å². The van der Waals surface area contributed by atoms with Crippen LogP contribution in [0.5, 0.6) is 0 Å². The van der Waals surface area contributed by atoms with Crippen molar-refractivity contribution in [2.45, 2.75) is 33.1 Å². The Morgan fingerprint density at radius 3 is 2.50 bits per heavy atom. The van der Waals surface area contributed by atoms with Gasteiger partial charge in [-0.25, -0.2) is 9.18 Å². The maximum absolute atomic E-state index is 13.8. The zero-order chi connectivity index (χ0) is 21.7. The number of hydrogen-bond acceptors (Lipinski definition) is 4. The first-order valence-corrected chi connectivity index (χ1v) is 10.9. The number of hydrogen-bond donors (Lipinski definition) is 1. The van der Waals surface area contributed by atoms with Gasteiger partial charge in [0.25, 0.3) is 0 Å². The summed E-state index contributed by atoms with van der Waals surface area (Å²) in [5, 5.41) is 10.6. The van der Waals surface area contributed by atoms with Gasteiger partial charge in [-0.1, -0.05) is 49.4 Å². The monoisotopic (exact) mass is 426 g/mol. The van der Waals surface area contributed by atoms with E-state index in [9.17, 15) is 14.3 Å². The molecule has 1 unspecified atom stereocenters. The number of carboxylic acid groups (broad SMARTS) is 1. The molecule has 1 atom stereocenters. The fourth-order valence-corrected chi connectivity index (χ4v) is 4.71. The van der Waals surface area contributed by atoms with Crippen LogP contribution >= 0.6 is 11.8 Å². The molecular formula is C24H27FN2O2S. The summed E-state index contributed by atoms with van der Waals surface area (Å²) in [5.74, 6) is -0.487. The summed E-state index contributed by atoms with van der Waals surface area (Å²) >= 11 is 1.51. The smallest absolute Gasteiger partial charge is 0.338 e. The molecule has 6 heteroatoms. The van der Waals surface area contributed by atoms with E-state index in [-0.39, 0.29) is 12.0 Å². The van der Waals surface area contributed by atoms with Gasteiger partial charge in [0.05, 0.1) is 10.6 Å². The molecule has 0 amide bonds. The van der Waals surface area contributed by atoms with Crippen molar-refractivity contribution in [2.75, 3.05) is 12.8 Å². The lowest BCUT2D eigenvalue weighted by Crippen LogP contribution is -2.46. The number of thioether (sulfide) groups is 1. The van der Waals surface area contributed by atoms with Gasteiger partial charge in [-0.15, -0.1) is 11.8 Å². The molecule has 0 bridgehead atoms. The maximum atomic E-state index is 13.8. The van der Waals surface area contributed by atoms with E-state index >= 15 is 0 Å². The molecular weight excluding hydrogens is 399 g/mol. The Kier molecular flexibility index (Phi) is 7.34. The average molecular weight is 427 g/mol. The third-order valence-corrected chi connectivity index (χ3v) is 6.05.